The van der Waals surface area contributed by atoms with Gasteiger partial charge < -0.3 is 10.2 Å². The molecule has 1 saturated heterocycles. The van der Waals surface area contributed by atoms with E-state index in [1.807, 2.05) is 29.2 Å². The number of carbonyl (C=O) groups excluding carboxylic acids is 1. The first-order valence-corrected chi connectivity index (χ1v) is 7.90. The van der Waals surface area contributed by atoms with E-state index < -0.39 is 0 Å². The van der Waals surface area contributed by atoms with E-state index in [0.717, 1.165) is 26.1 Å². The first-order valence-electron chi connectivity index (χ1n) is 7.90. The van der Waals surface area contributed by atoms with Crippen LogP contribution in [-0.4, -0.2) is 30.4 Å². The molecule has 0 radical (unpaired) electrons. The molecule has 0 saturated carbocycles. The SMILES string of the molecule is O=C(C1CNC1)N(CCc1ccccc1)Cc1ccccc1. The molecule has 0 atom stereocenters. The van der Waals surface area contributed by atoms with Crippen LogP contribution in [0.4, 0.5) is 0 Å². The Morgan fingerprint density at radius 1 is 0.955 bits per heavy atom. The molecule has 22 heavy (non-hydrogen) atoms. The van der Waals surface area contributed by atoms with Crippen molar-refractivity contribution in [2.24, 2.45) is 5.92 Å². The van der Waals surface area contributed by atoms with E-state index in [-0.39, 0.29) is 11.8 Å². The average Bonchev–Trinajstić information content (AvgIpc) is 2.51. The van der Waals surface area contributed by atoms with Crippen molar-refractivity contribution in [3.63, 3.8) is 0 Å². The molecule has 3 rings (SSSR count). The molecular formula is C19H22N2O. The van der Waals surface area contributed by atoms with Crippen LogP contribution in [0.25, 0.3) is 0 Å². The van der Waals surface area contributed by atoms with Gasteiger partial charge in [-0.25, -0.2) is 0 Å². The van der Waals surface area contributed by atoms with Crippen molar-refractivity contribution in [3.8, 4) is 0 Å². The van der Waals surface area contributed by atoms with E-state index >= 15 is 0 Å². The van der Waals surface area contributed by atoms with Crippen LogP contribution < -0.4 is 5.32 Å². The molecule has 0 spiro atoms. The Balaban J connectivity index is 1.66. The molecule has 1 aliphatic heterocycles. The van der Waals surface area contributed by atoms with E-state index in [9.17, 15) is 4.79 Å². The van der Waals surface area contributed by atoms with Crippen LogP contribution in [0.5, 0.6) is 0 Å². The smallest absolute Gasteiger partial charge is 0.228 e. The van der Waals surface area contributed by atoms with Crippen molar-refractivity contribution in [3.05, 3.63) is 71.8 Å². The minimum atomic E-state index is 0.152. The number of amides is 1. The average molecular weight is 294 g/mol. The number of hydrogen-bond acceptors (Lipinski definition) is 2. The molecule has 0 unspecified atom stereocenters. The zero-order valence-electron chi connectivity index (χ0n) is 12.7. The van der Waals surface area contributed by atoms with Gasteiger partial charge in [-0.05, 0) is 17.5 Å². The Hall–Kier alpha value is -2.13. The number of nitrogens with zero attached hydrogens (tertiary/aromatic N) is 1. The molecule has 2 aromatic rings. The second-order valence-electron chi connectivity index (χ2n) is 5.84. The van der Waals surface area contributed by atoms with E-state index in [1.165, 1.54) is 11.1 Å². The Kier molecular flexibility index (Phi) is 4.86. The first kappa shape index (κ1) is 14.8. The Morgan fingerprint density at radius 2 is 1.55 bits per heavy atom. The fraction of sp³-hybridized carbons (Fsp3) is 0.316. The Bertz CT molecular complexity index is 593. The summed E-state index contributed by atoms with van der Waals surface area (Å²) in [6, 6.07) is 20.6. The van der Waals surface area contributed by atoms with Crippen LogP contribution in [0, 0.1) is 5.92 Å². The van der Waals surface area contributed by atoms with Crippen molar-refractivity contribution < 1.29 is 4.79 Å². The third kappa shape index (κ3) is 3.74. The van der Waals surface area contributed by atoms with Gasteiger partial charge in [0.2, 0.25) is 5.91 Å². The topological polar surface area (TPSA) is 32.3 Å². The van der Waals surface area contributed by atoms with E-state index in [0.29, 0.717) is 6.54 Å². The summed E-state index contributed by atoms with van der Waals surface area (Å²) in [5.74, 6) is 0.429. The van der Waals surface area contributed by atoms with Gasteiger partial charge in [0, 0.05) is 26.2 Å². The van der Waals surface area contributed by atoms with Crippen molar-refractivity contribution >= 4 is 5.91 Å². The molecule has 0 aliphatic carbocycles. The number of benzene rings is 2. The van der Waals surface area contributed by atoms with Gasteiger partial charge in [-0.1, -0.05) is 60.7 Å². The lowest BCUT2D eigenvalue weighted by Crippen LogP contribution is -2.52. The summed E-state index contributed by atoms with van der Waals surface area (Å²) in [6.07, 6.45) is 0.902. The first-order chi connectivity index (χ1) is 10.8. The zero-order valence-corrected chi connectivity index (χ0v) is 12.7. The van der Waals surface area contributed by atoms with Crippen molar-refractivity contribution in [1.82, 2.24) is 10.2 Å². The summed E-state index contributed by atoms with van der Waals surface area (Å²) < 4.78 is 0. The molecule has 1 heterocycles. The molecule has 3 nitrogen and oxygen atoms in total. The fourth-order valence-electron chi connectivity index (χ4n) is 2.70. The van der Waals surface area contributed by atoms with Crippen molar-refractivity contribution in [2.45, 2.75) is 13.0 Å². The van der Waals surface area contributed by atoms with Crippen LogP contribution in [0.1, 0.15) is 11.1 Å². The number of hydrogen-bond donors (Lipinski definition) is 1. The second-order valence-corrected chi connectivity index (χ2v) is 5.84. The Labute approximate surface area is 132 Å². The van der Waals surface area contributed by atoms with Crippen LogP contribution in [0.3, 0.4) is 0 Å². The van der Waals surface area contributed by atoms with E-state index in [4.69, 9.17) is 0 Å². The quantitative estimate of drug-likeness (QED) is 0.887. The summed E-state index contributed by atoms with van der Waals surface area (Å²) in [5.41, 5.74) is 2.47. The lowest BCUT2D eigenvalue weighted by Gasteiger charge is -2.32. The van der Waals surface area contributed by atoms with Crippen LogP contribution >= 0.6 is 0 Å². The highest BCUT2D eigenvalue weighted by Crippen LogP contribution is 2.13. The third-order valence-electron chi connectivity index (χ3n) is 4.17. The van der Waals surface area contributed by atoms with Crippen molar-refractivity contribution in [2.75, 3.05) is 19.6 Å². The van der Waals surface area contributed by atoms with Gasteiger partial charge >= 0.3 is 0 Å². The monoisotopic (exact) mass is 294 g/mol. The normalized spacial score (nSPS) is 14.4. The summed E-state index contributed by atoms with van der Waals surface area (Å²) in [5, 5.41) is 3.19. The summed E-state index contributed by atoms with van der Waals surface area (Å²) in [6.45, 7) is 3.10. The second kappa shape index (κ2) is 7.23. The minimum Gasteiger partial charge on any atom is -0.338 e. The lowest BCUT2D eigenvalue weighted by atomic mass is 10.0. The largest absolute Gasteiger partial charge is 0.338 e. The van der Waals surface area contributed by atoms with Gasteiger partial charge in [-0.2, -0.15) is 0 Å². The fourth-order valence-corrected chi connectivity index (χ4v) is 2.70. The number of rotatable bonds is 6. The molecule has 2 aromatic carbocycles. The highest BCUT2D eigenvalue weighted by Gasteiger charge is 2.29. The summed E-state index contributed by atoms with van der Waals surface area (Å²) >= 11 is 0. The predicted molar refractivity (Wildman–Crippen MR) is 88.4 cm³/mol. The van der Waals surface area contributed by atoms with Gasteiger partial charge in [-0.15, -0.1) is 0 Å². The predicted octanol–water partition coefficient (Wildman–Crippen LogP) is 2.48. The molecule has 0 bridgehead atoms. The molecule has 1 amide bonds. The number of carbonyl (C=O) groups is 1. The maximum atomic E-state index is 12.6. The molecule has 1 aliphatic rings. The molecule has 1 fully saturated rings. The zero-order chi connectivity index (χ0) is 15.2. The van der Waals surface area contributed by atoms with Gasteiger partial charge in [0.25, 0.3) is 0 Å². The highest BCUT2D eigenvalue weighted by atomic mass is 16.2. The molecule has 1 N–H and O–H groups in total. The Morgan fingerprint density at radius 3 is 2.09 bits per heavy atom. The van der Waals surface area contributed by atoms with Gasteiger partial charge in [0.1, 0.15) is 0 Å². The molecular weight excluding hydrogens is 272 g/mol. The minimum absolute atomic E-state index is 0.152. The molecule has 0 aromatic heterocycles. The summed E-state index contributed by atoms with van der Waals surface area (Å²) in [4.78, 5) is 14.6. The van der Waals surface area contributed by atoms with Crippen LogP contribution in [0.15, 0.2) is 60.7 Å². The molecule has 3 heteroatoms. The van der Waals surface area contributed by atoms with E-state index in [2.05, 4.69) is 41.7 Å². The summed E-state index contributed by atoms with van der Waals surface area (Å²) in [7, 11) is 0. The van der Waals surface area contributed by atoms with Gasteiger partial charge in [0.15, 0.2) is 0 Å². The maximum Gasteiger partial charge on any atom is 0.228 e. The third-order valence-corrected chi connectivity index (χ3v) is 4.17. The standard InChI is InChI=1S/C19H22N2O/c22-19(18-13-20-14-18)21(15-17-9-5-2-6-10-17)12-11-16-7-3-1-4-8-16/h1-10,18,20H,11-15H2. The highest BCUT2D eigenvalue weighted by molar-refractivity contribution is 5.80. The van der Waals surface area contributed by atoms with Crippen molar-refractivity contribution in [1.29, 1.82) is 0 Å². The van der Waals surface area contributed by atoms with E-state index in [1.54, 1.807) is 0 Å². The van der Waals surface area contributed by atoms with Crippen LogP contribution in [0.2, 0.25) is 0 Å². The van der Waals surface area contributed by atoms with Gasteiger partial charge in [-0.3, -0.25) is 4.79 Å². The lowest BCUT2D eigenvalue weighted by molar-refractivity contribution is -0.137. The van der Waals surface area contributed by atoms with Crippen LogP contribution in [-0.2, 0) is 17.8 Å². The maximum absolute atomic E-state index is 12.6. The van der Waals surface area contributed by atoms with Gasteiger partial charge in [0.05, 0.1) is 5.92 Å². The molecule has 114 valence electrons. The number of nitrogens with one attached hydrogen (secondary N) is 1.